The van der Waals surface area contributed by atoms with E-state index in [0.717, 1.165) is 47.9 Å². The van der Waals surface area contributed by atoms with Gasteiger partial charge in [-0.15, -0.1) is 0 Å². The second kappa shape index (κ2) is 14.4. The van der Waals surface area contributed by atoms with Crippen LogP contribution in [0.2, 0.25) is 5.02 Å². The fourth-order valence-electron chi connectivity index (χ4n) is 4.44. The molecule has 0 aromatic heterocycles. The molecule has 2 atom stereocenters. The van der Waals surface area contributed by atoms with Crippen LogP contribution in [0.5, 0.6) is 0 Å². The molecule has 0 spiro atoms. The molecule has 7 nitrogen and oxygen atoms in total. The largest absolute Gasteiger partial charge is 0.444 e. The van der Waals surface area contributed by atoms with Crippen molar-refractivity contribution < 1.29 is 19.1 Å². The van der Waals surface area contributed by atoms with Gasteiger partial charge in [-0.05, 0) is 77.6 Å². The Bertz CT molecular complexity index is 1140. The third-order valence-corrected chi connectivity index (χ3v) is 6.70. The van der Waals surface area contributed by atoms with Crippen LogP contribution >= 0.6 is 11.6 Å². The first-order valence-electron chi connectivity index (χ1n) is 13.7. The SMILES string of the molecule is CCCCCCN(C(=O)C(C)NC(=O)OC(C)(C)C)C(C(=O)Nc1c(C)cccc1Cl)c1ccc(C)cc1C. The number of benzene rings is 2. The fourth-order valence-corrected chi connectivity index (χ4v) is 4.70. The smallest absolute Gasteiger partial charge is 0.408 e. The molecule has 2 rings (SSSR count). The number of aryl methyl sites for hydroxylation is 3. The fraction of sp³-hybridized carbons (Fsp3) is 0.516. The van der Waals surface area contributed by atoms with Crippen LogP contribution in [-0.4, -0.2) is 41.0 Å². The Balaban J connectivity index is 2.52. The van der Waals surface area contributed by atoms with E-state index in [1.807, 2.05) is 51.1 Å². The predicted octanol–water partition coefficient (Wildman–Crippen LogP) is 7.27. The number of hydrogen-bond acceptors (Lipinski definition) is 4. The number of nitrogens with zero attached hydrogens (tertiary/aromatic N) is 1. The van der Waals surface area contributed by atoms with Crippen molar-refractivity contribution in [3.8, 4) is 0 Å². The topological polar surface area (TPSA) is 87.7 Å². The van der Waals surface area contributed by atoms with Gasteiger partial charge in [0, 0.05) is 6.54 Å². The molecule has 0 radical (unpaired) electrons. The summed E-state index contributed by atoms with van der Waals surface area (Å²) in [6.45, 7) is 15.2. The van der Waals surface area contributed by atoms with Gasteiger partial charge in [0.1, 0.15) is 17.7 Å². The number of rotatable bonds is 11. The van der Waals surface area contributed by atoms with Gasteiger partial charge in [0.25, 0.3) is 5.91 Å². The van der Waals surface area contributed by atoms with E-state index in [1.54, 1.807) is 38.7 Å². The van der Waals surface area contributed by atoms with E-state index in [2.05, 4.69) is 17.6 Å². The Morgan fingerprint density at radius 3 is 2.28 bits per heavy atom. The standard InChI is InChI=1S/C31H44ClN3O4/c1-9-10-11-12-18-35(29(37)23(5)33-30(38)39-31(6,7)8)27(24-17-16-20(2)19-22(24)4)28(36)34-26-21(3)14-13-15-25(26)32/h13-17,19,23,27H,9-12,18H2,1-8H3,(H,33,38)(H,34,36). The van der Waals surface area contributed by atoms with E-state index in [-0.39, 0.29) is 11.8 Å². The van der Waals surface area contributed by atoms with Crippen LogP contribution in [0.25, 0.3) is 0 Å². The summed E-state index contributed by atoms with van der Waals surface area (Å²) in [5.74, 6) is -0.736. The minimum atomic E-state index is -0.932. The van der Waals surface area contributed by atoms with E-state index < -0.39 is 23.8 Å². The van der Waals surface area contributed by atoms with Gasteiger partial charge < -0.3 is 20.3 Å². The number of ether oxygens (including phenoxy) is 1. The lowest BCUT2D eigenvalue weighted by Gasteiger charge is -2.34. The van der Waals surface area contributed by atoms with Gasteiger partial charge in [0.15, 0.2) is 0 Å². The summed E-state index contributed by atoms with van der Waals surface area (Å²) in [6.07, 6.45) is 3.01. The molecule has 3 amide bonds. The molecule has 0 aliphatic carbocycles. The lowest BCUT2D eigenvalue weighted by atomic mass is 9.96. The Morgan fingerprint density at radius 1 is 1.00 bits per heavy atom. The highest BCUT2D eigenvalue weighted by Gasteiger charge is 2.35. The summed E-state index contributed by atoms with van der Waals surface area (Å²) in [4.78, 5) is 42.0. The summed E-state index contributed by atoms with van der Waals surface area (Å²) < 4.78 is 5.37. The first kappa shape index (κ1) is 32.2. The molecule has 0 saturated carbocycles. The first-order chi connectivity index (χ1) is 18.2. The van der Waals surface area contributed by atoms with Gasteiger partial charge in [-0.3, -0.25) is 9.59 Å². The second-order valence-electron chi connectivity index (χ2n) is 11.1. The highest BCUT2D eigenvalue weighted by atomic mass is 35.5. The number of amides is 3. The van der Waals surface area contributed by atoms with Crippen molar-refractivity contribution in [2.24, 2.45) is 0 Å². The monoisotopic (exact) mass is 557 g/mol. The number of anilines is 1. The van der Waals surface area contributed by atoms with Gasteiger partial charge in [0.05, 0.1) is 10.7 Å². The summed E-state index contributed by atoms with van der Waals surface area (Å²) >= 11 is 6.44. The van der Waals surface area contributed by atoms with Gasteiger partial charge in [-0.1, -0.05) is 73.7 Å². The molecule has 8 heteroatoms. The van der Waals surface area contributed by atoms with Crippen molar-refractivity contribution in [3.63, 3.8) is 0 Å². The summed E-state index contributed by atoms with van der Waals surface area (Å²) in [6, 6.07) is 9.40. The van der Waals surface area contributed by atoms with Crippen LogP contribution in [-0.2, 0) is 14.3 Å². The van der Waals surface area contributed by atoms with E-state index in [0.29, 0.717) is 17.3 Å². The average molecular weight is 558 g/mol. The van der Waals surface area contributed by atoms with Crippen LogP contribution in [0.4, 0.5) is 10.5 Å². The number of nitrogens with one attached hydrogen (secondary N) is 2. The third-order valence-electron chi connectivity index (χ3n) is 6.39. The van der Waals surface area contributed by atoms with Crippen LogP contribution in [0.1, 0.15) is 88.6 Å². The quantitative estimate of drug-likeness (QED) is 0.284. The molecule has 2 unspecified atom stereocenters. The highest BCUT2D eigenvalue weighted by molar-refractivity contribution is 6.34. The van der Waals surface area contributed by atoms with E-state index in [4.69, 9.17) is 16.3 Å². The maximum absolute atomic E-state index is 14.0. The molecule has 0 aliphatic rings. The Kier molecular flexibility index (Phi) is 11.8. The number of hydrogen-bond donors (Lipinski definition) is 2. The number of halogens is 1. The molecule has 0 aliphatic heterocycles. The lowest BCUT2D eigenvalue weighted by Crippen LogP contribution is -2.51. The molecule has 2 aromatic rings. The Morgan fingerprint density at radius 2 is 1.69 bits per heavy atom. The molecular weight excluding hydrogens is 514 g/mol. The maximum atomic E-state index is 14.0. The summed E-state index contributed by atoms with van der Waals surface area (Å²) in [5, 5.41) is 6.06. The van der Waals surface area contributed by atoms with Crippen LogP contribution < -0.4 is 10.6 Å². The minimum absolute atomic E-state index is 0.353. The van der Waals surface area contributed by atoms with Crippen molar-refractivity contribution in [2.75, 3.05) is 11.9 Å². The van der Waals surface area contributed by atoms with Crippen LogP contribution in [0, 0.1) is 20.8 Å². The number of carbonyl (C=O) groups excluding carboxylic acids is 3. The molecule has 2 N–H and O–H groups in total. The zero-order valence-corrected chi connectivity index (χ0v) is 25.4. The molecule has 39 heavy (non-hydrogen) atoms. The third kappa shape index (κ3) is 9.57. The second-order valence-corrected chi connectivity index (χ2v) is 11.6. The Labute approximate surface area is 238 Å². The van der Waals surface area contributed by atoms with Crippen molar-refractivity contribution in [3.05, 3.63) is 63.7 Å². The molecule has 0 fully saturated rings. The van der Waals surface area contributed by atoms with Gasteiger partial charge in [-0.25, -0.2) is 4.79 Å². The molecule has 0 heterocycles. The minimum Gasteiger partial charge on any atom is -0.444 e. The predicted molar refractivity (Wildman–Crippen MR) is 158 cm³/mol. The highest BCUT2D eigenvalue weighted by Crippen LogP contribution is 2.31. The van der Waals surface area contributed by atoms with Gasteiger partial charge in [-0.2, -0.15) is 0 Å². The van der Waals surface area contributed by atoms with Gasteiger partial charge >= 0.3 is 6.09 Å². The summed E-state index contributed by atoms with van der Waals surface area (Å²) in [5.41, 5.74) is 3.29. The van der Waals surface area contributed by atoms with Crippen LogP contribution in [0.3, 0.4) is 0 Å². The summed E-state index contributed by atoms with van der Waals surface area (Å²) in [7, 11) is 0. The number of para-hydroxylation sites is 1. The molecular formula is C31H44ClN3O4. The van der Waals surface area contributed by atoms with E-state index in [1.165, 1.54) is 0 Å². The zero-order chi connectivity index (χ0) is 29.3. The van der Waals surface area contributed by atoms with Crippen molar-refractivity contribution in [2.45, 2.75) is 98.8 Å². The van der Waals surface area contributed by atoms with Crippen LogP contribution in [0.15, 0.2) is 36.4 Å². The maximum Gasteiger partial charge on any atom is 0.408 e. The number of alkyl carbamates (subject to hydrolysis) is 1. The van der Waals surface area contributed by atoms with E-state index in [9.17, 15) is 14.4 Å². The molecule has 0 saturated heterocycles. The van der Waals surface area contributed by atoms with Crippen molar-refractivity contribution >= 4 is 35.2 Å². The number of carbonyl (C=O) groups is 3. The molecule has 2 aromatic carbocycles. The van der Waals surface area contributed by atoms with Gasteiger partial charge in [0.2, 0.25) is 5.91 Å². The Hall–Kier alpha value is -3.06. The van der Waals surface area contributed by atoms with Crippen molar-refractivity contribution in [1.29, 1.82) is 0 Å². The zero-order valence-electron chi connectivity index (χ0n) is 24.6. The van der Waals surface area contributed by atoms with E-state index >= 15 is 0 Å². The molecule has 214 valence electrons. The lowest BCUT2D eigenvalue weighted by molar-refractivity contribution is -0.140. The molecule has 0 bridgehead atoms. The average Bonchev–Trinajstić information content (AvgIpc) is 2.82. The number of unbranched alkanes of at least 4 members (excludes halogenated alkanes) is 3. The first-order valence-corrected chi connectivity index (χ1v) is 14.1. The van der Waals surface area contributed by atoms with Crippen molar-refractivity contribution in [1.82, 2.24) is 10.2 Å². The normalized spacial score (nSPS) is 12.8.